The molecule has 19 heavy (non-hydrogen) atoms. The predicted molar refractivity (Wildman–Crippen MR) is 77.9 cm³/mol. The van der Waals surface area contributed by atoms with E-state index in [2.05, 4.69) is 16.0 Å². The lowest BCUT2D eigenvalue weighted by atomic mass is 9.98. The highest BCUT2D eigenvalue weighted by atomic mass is 35.5. The number of rotatable bonds is 2. The highest BCUT2D eigenvalue weighted by Crippen LogP contribution is 2.25. The molecule has 0 amide bonds. The minimum Gasteiger partial charge on any atom is -0.398 e. The molecule has 0 radical (unpaired) electrons. The Morgan fingerprint density at radius 2 is 2.16 bits per heavy atom. The van der Waals surface area contributed by atoms with Crippen LogP contribution in [-0.2, 0) is 19.5 Å². The number of anilines is 1. The number of nitrogen functional groups attached to an aromatic ring is 1. The third-order valence-electron chi connectivity index (χ3n) is 3.58. The van der Waals surface area contributed by atoms with Crippen LogP contribution in [0.3, 0.4) is 0 Å². The summed E-state index contributed by atoms with van der Waals surface area (Å²) in [6, 6.07) is 10.0. The summed E-state index contributed by atoms with van der Waals surface area (Å²) >= 11 is 5.80. The van der Waals surface area contributed by atoms with Gasteiger partial charge < -0.3 is 5.73 Å². The Morgan fingerprint density at radius 1 is 1.26 bits per heavy atom. The number of nitrogens with two attached hydrogens (primary N) is 1. The molecule has 1 aliphatic heterocycles. The SMILES string of the molecule is Nc1cccc2c1CCN(Cc1ccc(Cl)nc1)C2. The van der Waals surface area contributed by atoms with Crippen molar-refractivity contribution < 1.29 is 0 Å². The molecule has 0 aliphatic carbocycles. The Kier molecular flexibility index (Phi) is 3.40. The van der Waals surface area contributed by atoms with Gasteiger partial charge in [0.25, 0.3) is 0 Å². The van der Waals surface area contributed by atoms with E-state index >= 15 is 0 Å². The van der Waals surface area contributed by atoms with Crippen LogP contribution in [0.15, 0.2) is 36.5 Å². The van der Waals surface area contributed by atoms with Crippen molar-refractivity contribution in [3.05, 3.63) is 58.4 Å². The van der Waals surface area contributed by atoms with Crippen molar-refractivity contribution in [2.45, 2.75) is 19.5 Å². The molecule has 0 saturated carbocycles. The maximum Gasteiger partial charge on any atom is 0.129 e. The topological polar surface area (TPSA) is 42.1 Å². The van der Waals surface area contributed by atoms with Crippen molar-refractivity contribution in [3.8, 4) is 0 Å². The zero-order chi connectivity index (χ0) is 13.2. The molecule has 0 spiro atoms. The van der Waals surface area contributed by atoms with E-state index in [4.69, 9.17) is 17.3 Å². The number of hydrogen-bond donors (Lipinski definition) is 1. The molecule has 0 bridgehead atoms. The zero-order valence-corrected chi connectivity index (χ0v) is 11.4. The second kappa shape index (κ2) is 5.19. The number of benzene rings is 1. The third kappa shape index (κ3) is 2.72. The Hall–Kier alpha value is -1.58. The molecular formula is C15H16ClN3. The first kappa shape index (κ1) is 12.5. The quantitative estimate of drug-likeness (QED) is 0.676. The smallest absolute Gasteiger partial charge is 0.129 e. The first-order chi connectivity index (χ1) is 9.22. The van der Waals surface area contributed by atoms with Gasteiger partial charge in [0.2, 0.25) is 0 Å². The predicted octanol–water partition coefficient (Wildman–Crippen LogP) is 2.88. The van der Waals surface area contributed by atoms with Crippen molar-refractivity contribution >= 4 is 17.3 Å². The van der Waals surface area contributed by atoms with Crippen LogP contribution in [-0.4, -0.2) is 16.4 Å². The summed E-state index contributed by atoms with van der Waals surface area (Å²) in [7, 11) is 0. The number of fused-ring (bicyclic) bond motifs is 1. The summed E-state index contributed by atoms with van der Waals surface area (Å²) in [6.45, 7) is 2.88. The first-order valence-corrected chi connectivity index (χ1v) is 6.79. The van der Waals surface area contributed by atoms with Crippen LogP contribution in [0.5, 0.6) is 0 Å². The van der Waals surface area contributed by atoms with Gasteiger partial charge >= 0.3 is 0 Å². The highest BCUT2D eigenvalue weighted by molar-refractivity contribution is 6.29. The van der Waals surface area contributed by atoms with E-state index in [0.717, 1.165) is 31.7 Å². The summed E-state index contributed by atoms with van der Waals surface area (Å²) in [6.07, 6.45) is 2.86. The first-order valence-electron chi connectivity index (χ1n) is 6.41. The Morgan fingerprint density at radius 3 is 2.95 bits per heavy atom. The van der Waals surface area contributed by atoms with E-state index in [1.54, 1.807) is 0 Å². The maximum absolute atomic E-state index is 6.01. The standard InChI is InChI=1S/C15H16ClN3/c16-15-5-4-11(8-18-15)9-19-7-6-13-12(10-19)2-1-3-14(13)17/h1-5,8H,6-7,9-10,17H2. The summed E-state index contributed by atoms with van der Waals surface area (Å²) in [5, 5.41) is 0.542. The largest absolute Gasteiger partial charge is 0.398 e. The van der Waals surface area contributed by atoms with Gasteiger partial charge in [-0.1, -0.05) is 29.8 Å². The zero-order valence-electron chi connectivity index (χ0n) is 10.6. The average Bonchev–Trinajstić information content (AvgIpc) is 2.42. The second-order valence-corrected chi connectivity index (χ2v) is 5.32. The van der Waals surface area contributed by atoms with Gasteiger partial charge in [0, 0.05) is 31.5 Å². The van der Waals surface area contributed by atoms with Crippen LogP contribution in [0.4, 0.5) is 5.69 Å². The van der Waals surface area contributed by atoms with Gasteiger partial charge in [-0.2, -0.15) is 0 Å². The van der Waals surface area contributed by atoms with Gasteiger partial charge in [0.1, 0.15) is 5.15 Å². The van der Waals surface area contributed by atoms with Crippen molar-refractivity contribution in [2.24, 2.45) is 0 Å². The molecule has 2 N–H and O–H groups in total. The number of hydrogen-bond acceptors (Lipinski definition) is 3. The van der Waals surface area contributed by atoms with Crippen LogP contribution in [0.1, 0.15) is 16.7 Å². The monoisotopic (exact) mass is 273 g/mol. The molecule has 1 aromatic heterocycles. The molecule has 0 atom stereocenters. The Labute approximate surface area is 118 Å². The molecule has 0 unspecified atom stereocenters. The van der Waals surface area contributed by atoms with E-state index in [1.807, 2.05) is 30.5 Å². The minimum absolute atomic E-state index is 0.542. The van der Waals surface area contributed by atoms with Crippen LogP contribution in [0, 0.1) is 0 Å². The van der Waals surface area contributed by atoms with E-state index < -0.39 is 0 Å². The van der Waals surface area contributed by atoms with Gasteiger partial charge in [-0.3, -0.25) is 4.90 Å². The molecule has 3 nitrogen and oxygen atoms in total. The molecular weight excluding hydrogens is 258 g/mol. The van der Waals surface area contributed by atoms with Crippen molar-refractivity contribution in [3.63, 3.8) is 0 Å². The number of pyridine rings is 1. The van der Waals surface area contributed by atoms with Crippen molar-refractivity contribution in [1.29, 1.82) is 0 Å². The van der Waals surface area contributed by atoms with Gasteiger partial charge in [-0.15, -0.1) is 0 Å². The van der Waals surface area contributed by atoms with E-state index in [9.17, 15) is 0 Å². The summed E-state index contributed by atoms with van der Waals surface area (Å²) in [5.74, 6) is 0. The highest BCUT2D eigenvalue weighted by Gasteiger charge is 2.17. The molecule has 0 saturated heterocycles. The normalized spacial score (nSPS) is 15.2. The van der Waals surface area contributed by atoms with Crippen LogP contribution in [0.25, 0.3) is 0 Å². The van der Waals surface area contributed by atoms with Crippen molar-refractivity contribution in [1.82, 2.24) is 9.88 Å². The number of nitrogens with zero attached hydrogens (tertiary/aromatic N) is 2. The van der Waals surface area contributed by atoms with E-state index in [-0.39, 0.29) is 0 Å². The fourth-order valence-corrected chi connectivity index (χ4v) is 2.70. The molecule has 1 aromatic carbocycles. The second-order valence-electron chi connectivity index (χ2n) is 4.93. The van der Waals surface area contributed by atoms with Crippen LogP contribution < -0.4 is 5.73 Å². The minimum atomic E-state index is 0.542. The van der Waals surface area contributed by atoms with Gasteiger partial charge in [0.05, 0.1) is 0 Å². The summed E-state index contributed by atoms with van der Waals surface area (Å²) in [4.78, 5) is 6.53. The number of halogens is 1. The fourth-order valence-electron chi connectivity index (χ4n) is 2.59. The fraction of sp³-hybridized carbons (Fsp3) is 0.267. The lowest BCUT2D eigenvalue weighted by molar-refractivity contribution is 0.245. The molecule has 4 heteroatoms. The van der Waals surface area contributed by atoms with Gasteiger partial charge in [-0.25, -0.2) is 4.98 Å². The number of aromatic nitrogens is 1. The van der Waals surface area contributed by atoms with E-state index in [0.29, 0.717) is 5.15 Å². The molecule has 1 aliphatic rings. The molecule has 2 aromatic rings. The lowest BCUT2D eigenvalue weighted by Crippen LogP contribution is -2.30. The Bertz CT molecular complexity index is 580. The third-order valence-corrected chi connectivity index (χ3v) is 3.80. The molecule has 98 valence electrons. The van der Waals surface area contributed by atoms with Crippen LogP contribution >= 0.6 is 11.6 Å². The Balaban J connectivity index is 1.74. The average molecular weight is 274 g/mol. The summed E-state index contributed by atoms with van der Waals surface area (Å²) < 4.78 is 0. The molecule has 0 fully saturated rings. The van der Waals surface area contributed by atoms with Crippen molar-refractivity contribution in [2.75, 3.05) is 12.3 Å². The maximum atomic E-state index is 6.01. The molecule has 3 rings (SSSR count). The van der Waals surface area contributed by atoms with Crippen LogP contribution in [0.2, 0.25) is 5.15 Å². The summed E-state index contributed by atoms with van der Waals surface area (Å²) in [5.41, 5.74) is 10.8. The van der Waals surface area contributed by atoms with E-state index in [1.165, 1.54) is 16.7 Å². The molecule has 2 heterocycles. The van der Waals surface area contributed by atoms with Gasteiger partial charge in [0.15, 0.2) is 0 Å². The lowest BCUT2D eigenvalue weighted by Gasteiger charge is -2.29. The van der Waals surface area contributed by atoms with Gasteiger partial charge in [-0.05, 0) is 35.2 Å².